The first kappa shape index (κ1) is 25.9. The lowest BCUT2D eigenvalue weighted by molar-refractivity contribution is -0.165. The van der Waals surface area contributed by atoms with E-state index in [2.05, 4.69) is 25.0 Å². The molecule has 0 bridgehead atoms. The molecule has 2 atom stereocenters. The van der Waals surface area contributed by atoms with E-state index < -0.39 is 24.1 Å². The van der Waals surface area contributed by atoms with Gasteiger partial charge in [0.15, 0.2) is 17.9 Å². The normalized spacial score (nSPS) is 15.6. The van der Waals surface area contributed by atoms with Crippen molar-refractivity contribution in [3.8, 4) is 17.1 Å². The minimum Gasteiger partial charge on any atom is -0.481 e. The van der Waals surface area contributed by atoms with E-state index in [4.69, 9.17) is 25.2 Å². The molecule has 3 aromatic heterocycles. The highest BCUT2D eigenvalue weighted by Gasteiger charge is 2.29. The van der Waals surface area contributed by atoms with Crippen molar-refractivity contribution in [3.63, 3.8) is 0 Å². The van der Waals surface area contributed by atoms with Gasteiger partial charge in [0.25, 0.3) is 0 Å². The zero-order valence-electron chi connectivity index (χ0n) is 19.2. The lowest BCUT2D eigenvalue weighted by Crippen LogP contribution is -2.39. The van der Waals surface area contributed by atoms with Gasteiger partial charge in [0.1, 0.15) is 6.33 Å². The van der Waals surface area contributed by atoms with E-state index in [1.807, 2.05) is 23.0 Å². The van der Waals surface area contributed by atoms with E-state index >= 15 is 0 Å². The summed E-state index contributed by atoms with van der Waals surface area (Å²) in [4.78, 5) is 35.2. The molecule has 0 spiro atoms. The van der Waals surface area contributed by atoms with Gasteiger partial charge < -0.3 is 30.1 Å². The molecule has 0 radical (unpaired) electrons. The number of ether oxygens (including phenoxy) is 1. The van der Waals surface area contributed by atoms with Gasteiger partial charge >= 0.3 is 11.9 Å². The molecular weight excluding hydrogens is 460 g/mol. The third-order valence-electron chi connectivity index (χ3n) is 5.54. The van der Waals surface area contributed by atoms with Crippen molar-refractivity contribution < 1.29 is 34.8 Å². The number of fused-ring (bicyclic) bond motifs is 1. The molecule has 1 aliphatic heterocycles. The highest BCUT2D eigenvalue weighted by Crippen LogP contribution is 2.30. The van der Waals surface area contributed by atoms with Crippen LogP contribution in [0.3, 0.4) is 0 Å². The van der Waals surface area contributed by atoms with E-state index in [0.29, 0.717) is 5.88 Å². The number of nitrogens with zero attached hydrogens (tertiary/aromatic N) is 6. The summed E-state index contributed by atoms with van der Waals surface area (Å²) >= 11 is 0. The molecule has 13 nitrogen and oxygen atoms in total. The average Bonchev–Trinajstić information content (AvgIpc) is 3.30. The molecule has 4 heterocycles. The molecule has 4 rings (SSSR count). The van der Waals surface area contributed by atoms with Crippen LogP contribution in [0.2, 0.25) is 0 Å². The number of carbonyl (C=O) groups is 2. The maximum atomic E-state index is 9.77. The van der Waals surface area contributed by atoms with Gasteiger partial charge in [0.05, 0.1) is 36.5 Å². The Bertz CT molecular complexity index is 1130. The Labute approximate surface area is 200 Å². The van der Waals surface area contributed by atoms with Crippen LogP contribution in [0.25, 0.3) is 22.3 Å². The number of carboxylic acids is 2. The predicted octanol–water partition coefficient (Wildman–Crippen LogP) is 0.260. The standard InChI is InChI=1S/C18H22N6O.C4H6O6/c1-25-18-14(6-5-7-19-18)16-15-12-22-24(17(15)21-13-20-16)11-10-23-8-3-2-4-9-23;5-1(3(7)8)2(6)4(9)10/h5-7,12-13H,2-4,8-11H2,1H3;1-2,5-6H,(H,7,8)(H,9,10). The lowest BCUT2D eigenvalue weighted by atomic mass is 10.1. The summed E-state index contributed by atoms with van der Waals surface area (Å²) < 4.78 is 7.35. The Hall–Kier alpha value is -3.68. The van der Waals surface area contributed by atoms with Gasteiger partial charge in [-0.2, -0.15) is 5.10 Å². The number of aliphatic carboxylic acids is 2. The van der Waals surface area contributed by atoms with E-state index in [-0.39, 0.29) is 0 Å². The molecule has 4 N–H and O–H groups in total. The molecule has 0 saturated carbocycles. The van der Waals surface area contributed by atoms with Gasteiger partial charge in [0.2, 0.25) is 5.88 Å². The number of aromatic nitrogens is 5. The molecule has 0 aromatic carbocycles. The number of likely N-dealkylation sites (tertiary alicyclic amines) is 1. The SMILES string of the molecule is COc1ncccc1-c1ncnc2c1cnn2CCN1CCCCC1.O=C(O)C(O)C(O)C(=O)O. The smallest absolute Gasteiger partial charge is 0.335 e. The fourth-order valence-corrected chi connectivity index (χ4v) is 3.69. The maximum absolute atomic E-state index is 9.77. The monoisotopic (exact) mass is 488 g/mol. The van der Waals surface area contributed by atoms with E-state index in [1.165, 1.54) is 32.4 Å². The van der Waals surface area contributed by atoms with Crippen molar-refractivity contribution in [2.45, 2.75) is 38.0 Å². The zero-order valence-corrected chi connectivity index (χ0v) is 19.2. The second-order valence-electron chi connectivity index (χ2n) is 7.86. The zero-order chi connectivity index (χ0) is 25.4. The van der Waals surface area contributed by atoms with Gasteiger partial charge in [-0.15, -0.1) is 0 Å². The van der Waals surface area contributed by atoms with Gasteiger partial charge in [-0.3, -0.25) is 0 Å². The van der Waals surface area contributed by atoms with E-state index in [1.54, 1.807) is 19.6 Å². The van der Waals surface area contributed by atoms with E-state index in [9.17, 15) is 9.59 Å². The number of hydrogen-bond acceptors (Lipinski definition) is 10. The number of aliphatic hydroxyl groups is 2. The largest absolute Gasteiger partial charge is 0.481 e. The van der Waals surface area contributed by atoms with Crippen molar-refractivity contribution >= 4 is 23.0 Å². The Morgan fingerprint density at radius 1 is 1.03 bits per heavy atom. The van der Waals surface area contributed by atoms with Crippen LogP contribution in [-0.2, 0) is 16.1 Å². The number of carboxylic acid groups (broad SMARTS) is 2. The maximum Gasteiger partial charge on any atom is 0.335 e. The summed E-state index contributed by atoms with van der Waals surface area (Å²) in [6.45, 7) is 4.22. The van der Waals surface area contributed by atoms with Crippen LogP contribution in [0, 0.1) is 0 Å². The number of pyridine rings is 1. The first-order valence-corrected chi connectivity index (χ1v) is 11.0. The molecule has 0 aliphatic carbocycles. The average molecular weight is 489 g/mol. The molecule has 35 heavy (non-hydrogen) atoms. The lowest BCUT2D eigenvalue weighted by Gasteiger charge is -2.26. The number of methoxy groups -OCH3 is 1. The van der Waals surface area contributed by atoms with Crippen LogP contribution in [0.5, 0.6) is 5.88 Å². The molecule has 0 amide bonds. The molecule has 13 heteroatoms. The highest BCUT2D eigenvalue weighted by atomic mass is 16.5. The predicted molar refractivity (Wildman–Crippen MR) is 123 cm³/mol. The van der Waals surface area contributed by atoms with E-state index in [0.717, 1.165) is 35.4 Å². The molecule has 3 aromatic rings. The van der Waals surface area contributed by atoms with Gasteiger partial charge in [-0.1, -0.05) is 6.42 Å². The Morgan fingerprint density at radius 3 is 2.34 bits per heavy atom. The summed E-state index contributed by atoms with van der Waals surface area (Å²) in [7, 11) is 1.62. The molecule has 188 valence electrons. The van der Waals surface area contributed by atoms with Crippen molar-refractivity contribution in [2.24, 2.45) is 0 Å². The fourth-order valence-electron chi connectivity index (χ4n) is 3.69. The van der Waals surface area contributed by atoms with Crippen molar-refractivity contribution in [1.29, 1.82) is 0 Å². The second kappa shape index (κ2) is 12.1. The molecular formula is C22H28N6O7. The van der Waals surface area contributed by atoms with Crippen LogP contribution < -0.4 is 4.74 Å². The number of aliphatic hydroxyl groups excluding tert-OH is 2. The summed E-state index contributed by atoms with van der Waals surface area (Å²) in [6.07, 6.45) is 4.55. The minimum absolute atomic E-state index is 0.559. The topological polar surface area (TPSA) is 184 Å². The summed E-state index contributed by atoms with van der Waals surface area (Å²) in [5.41, 5.74) is 2.51. The Balaban J connectivity index is 0.000000292. The second-order valence-corrected chi connectivity index (χ2v) is 7.86. The van der Waals surface area contributed by atoms with Crippen molar-refractivity contribution in [3.05, 3.63) is 30.9 Å². The summed E-state index contributed by atoms with van der Waals surface area (Å²) in [5, 5.41) is 38.0. The van der Waals surface area contributed by atoms with Gasteiger partial charge in [0, 0.05) is 12.7 Å². The van der Waals surface area contributed by atoms with Gasteiger partial charge in [-0.25, -0.2) is 29.2 Å². The van der Waals surface area contributed by atoms with Crippen molar-refractivity contribution in [1.82, 2.24) is 29.6 Å². The van der Waals surface area contributed by atoms with Gasteiger partial charge in [-0.05, 0) is 38.1 Å². The molecule has 1 aliphatic rings. The number of hydrogen-bond donors (Lipinski definition) is 4. The van der Waals surface area contributed by atoms with Crippen LogP contribution in [0.1, 0.15) is 19.3 Å². The third-order valence-corrected chi connectivity index (χ3v) is 5.54. The summed E-state index contributed by atoms with van der Waals surface area (Å²) in [5.74, 6) is -2.98. The van der Waals surface area contributed by atoms with Crippen LogP contribution in [0.15, 0.2) is 30.9 Å². The number of piperidine rings is 1. The highest BCUT2D eigenvalue weighted by molar-refractivity contribution is 5.91. The van der Waals surface area contributed by atoms with Crippen LogP contribution in [-0.4, -0.2) is 101 Å². The summed E-state index contributed by atoms with van der Waals surface area (Å²) in [6, 6.07) is 3.84. The Kier molecular flexibility index (Phi) is 9.00. The fraction of sp³-hybridized carbons (Fsp3) is 0.455. The van der Waals surface area contributed by atoms with Crippen molar-refractivity contribution in [2.75, 3.05) is 26.7 Å². The minimum atomic E-state index is -2.27. The van der Waals surface area contributed by atoms with Crippen LogP contribution in [0.4, 0.5) is 0 Å². The third kappa shape index (κ3) is 6.47. The first-order valence-electron chi connectivity index (χ1n) is 11.0. The quantitative estimate of drug-likeness (QED) is 0.340. The molecule has 2 unspecified atom stereocenters. The number of rotatable bonds is 8. The molecule has 1 saturated heterocycles. The molecule has 1 fully saturated rings. The van der Waals surface area contributed by atoms with Crippen LogP contribution >= 0.6 is 0 Å². The Morgan fingerprint density at radius 2 is 1.71 bits per heavy atom. The first-order chi connectivity index (χ1) is 16.8.